The van der Waals surface area contributed by atoms with Crippen LogP contribution in [0.4, 0.5) is 0 Å². The van der Waals surface area contributed by atoms with Crippen molar-refractivity contribution >= 4 is 23.4 Å². The summed E-state index contributed by atoms with van der Waals surface area (Å²) in [5.41, 5.74) is 1.13. The lowest BCUT2D eigenvalue weighted by molar-refractivity contribution is -0.120. The van der Waals surface area contributed by atoms with E-state index in [1.165, 1.54) is 6.07 Å². The fourth-order valence-corrected chi connectivity index (χ4v) is 1.78. The molecule has 0 spiro atoms. The highest BCUT2D eigenvalue weighted by molar-refractivity contribution is 6.29. The molecule has 1 rings (SSSR count). The summed E-state index contributed by atoms with van der Waals surface area (Å²) in [5.74, 6) is -0.472. The number of nitrogens with one attached hydrogen (secondary N) is 2. The van der Waals surface area contributed by atoms with E-state index in [4.69, 9.17) is 16.3 Å². The Labute approximate surface area is 129 Å². The van der Waals surface area contributed by atoms with Crippen LogP contribution in [0.25, 0.3) is 0 Å². The van der Waals surface area contributed by atoms with Gasteiger partial charge in [0.2, 0.25) is 5.91 Å². The van der Waals surface area contributed by atoms with Crippen LogP contribution >= 0.6 is 11.6 Å². The van der Waals surface area contributed by atoms with Gasteiger partial charge in [-0.2, -0.15) is 0 Å². The third-order valence-electron chi connectivity index (χ3n) is 2.71. The number of hydrogen-bond acceptors (Lipinski definition) is 4. The summed E-state index contributed by atoms with van der Waals surface area (Å²) in [7, 11) is 1.55. The molecule has 1 aromatic heterocycles. The molecular weight excluding hydrogens is 294 g/mol. The summed E-state index contributed by atoms with van der Waals surface area (Å²) in [5, 5.41) is 5.42. The summed E-state index contributed by atoms with van der Waals surface area (Å²) in [4.78, 5) is 27.6. The van der Waals surface area contributed by atoms with Crippen molar-refractivity contribution in [3.05, 3.63) is 28.5 Å². The van der Waals surface area contributed by atoms with Crippen molar-refractivity contribution in [2.45, 2.75) is 19.8 Å². The maximum atomic E-state index is 12.0. The molecule has 116 valence electrons. The Bertz CT molecular complexity index is 506. The number of aromatic nitrogens is 1. The number of pyridine rings is 1. The van der Waals surface area contributed by atoms with E-state index < -0.39 is 0 Å². The van der Waals surface area contributed by atoms with Gasteiger partial charge in [-0.05, 0) is 18.1 Å². The maximum absolute atomic E-state index is 12.0. The zero-order valence-corrected chi connectivity index (χ0v) is 13.2. The van der Waals surface area contributed by atoms with Gasteiger partial charge in [-0.3, -0.25) is 9.59 Å². The molecule has 0 saturated heterocycles. The molecule has 0 aliphatic heterocycles. The smallest absolute Gasteiger partial charge is 0.251 e. The first kappa shape index (κ1) is 17.4. The van der Waals surface area contributed by atoms with E-state index in [1.807, 2.05) is 13.8 Å². The standard InChI is InChI=1S/C14H20ClN3O3/c1-9(2)11-6-10(7-12(15)18-11)14(20)17-8-13(19)16-4-5-21-3/h6-7,9H,4-5,8H2,1-3H3,(H,16,19)(H,17,20). The number of halogens is 1. The predicted octanol–water partition coefficient (Wildman–Crippen LogP) is 1.35. The number of amides is 2. The highest BCUT2D eigenvalue weighted by Gasteiger charge is 2.12. The van der Waals surface area contributed by atoms with Crippen molar-refractivity contribution in [2.75, 3.05) is 26.8 Å². The number of rotatable bonds is 7. The number of hydrogen-bond donors (Lipinski definition) is 2. The largest absolute Gasteiger partial charge is 0.383 e. The first-order valence-corrected chi connectivity index (χ1v) is 7.03. The summed E-state index contributed by atoms with van der Waals surface area (Å²) in [6.07, 6.45) is 0. The van der Waals surface area contributed by atoms with Crippen LogP contribution in [-0.4, -0.2) is 43.6 Å². The molecule has 6 nitrogen and oxygen atoms in total. The Morgan fingerprint density at radius 1 is 1.33 bits per heavy atom. The molecule has 0 fully saturated rings. The monoisotopic (exact) mass is 313 g/mol. The molecule has 0 aromatic carbocycles. The molecule has 2 amide bonds. The van der Waals surface area contributed by atoms with Gasteiger partial charge in [-0.25, -0.2) is 4.98 Å². The van der Waals surface area contributed by atoms with E-state index in [-0.39, 0.29) is 29.4 Å². The number of methoxy groups -OCH3 is 1. The van der Waals surface area contributed by atoms with Gasteiger partial charge >= 0.3 is 0 Å². The molecular formula is C14H20ClN3O3. The lowest BCUT2D eigenvalue weighted by Crippen LogP contribution is -2.38. The molecule has 7 heteroatoms. The fraction of sp³-hybridized carbons (Fsp3) is 0.500. The third kappa shape index (κ3) is 6.10. The van der Waals surface area contributed by atoms with Crippen LogP contribution in [0, 0.1) is 0 Å². The van der Waals surface area contributed by atoms with Crippen LogP contribution in [0.3, 0.4) is 0 Å². The Balaban J connectivity index is 2.57. The van der Waals surface area contributed by atoms with Gasteiger partial charge in [0.1, 0.15) is 5.15 Å². The summed E-state index contributed by atoms with van der Waals surface area (Å²) in [6, 6.07) is 3.15. The number of ether oxygens (including phenoxy) is 1. The zero-order valence-electron chi connectivity index (χ0n) is 12.4. The first-order chi connectivity index (χ1) is 9.93. The van der Waals surface area contributed by atoms with Gasteiger partial charge in [0.25, 0.3) is 5.91 Å². The number of nitrogens with zero attached hydrogens (tertiary/aromatic N) is 1. The second-order valence-electron chi connectivity index (χ2n) is 4.78. The van der Waals surface area contributed by atoms with Gasteiger partial charge in [-0.15, -0.1) is 0 Å². The second kappa shape index (κ2) is 8.59. The summed E-state index contributed by atoms with van der Waals surface area (Å²) < 4.78 is 4.81. The van der Waals surface area contributed by atoms with Crippen LogP contribution in [-0.2, 0) is 9.53 Å². The molecule has 2 N–H and O–H groups in total. The highest BCUT2D eigenvalue weighted by atomic mass is 35.5. The van der Waals surface area contributed by atoms with E-state index in [2.05, 4.69) is 15.6 Å². The SMILES string of the molecule is COCCNC(=O)CNC(=O)c1cc(Cl)nc(C(C)C)c1. The van der Waals surface area contributed by atoms with Crippen LogP contribution in [0.5, 0.6) is 0 Å². The first-order valence-electron chi connectivity index (χ1n) is 6.65. The molecule has 0 aliphatic carbocycles. The minimum Gasteiger partial charge on any atom is -0.383 e. The van der Waals surface area contributed by atoms with Crippen LogP contribution < -0.4 is 10.6 Å². The average molecular weight is 314 g/mol. The summed E-state index contributed by atoms with van der Waals surface area (Å²) in [6.45, 7) is 4.66. The second-order valence-corrected chi connectivity index (χ2v) is 5.17. The molecule has 0 radical (unpaired) electrons. The molecule has 0 aliphatic rings. The Hall–Kier alpha value is -1.66. The minimum absolute atomic E-state index is 0.0977. The van der Waals surface area contributed by atoms with Gasteiger partial charge in [0, 0.05) is 24.9 Å². The van der Waals surface area contributed by atoms with E-state index in [0.717, 1.165) is 5.69 Å². The van der Waals surface area contributed by atoms with Crippen LogP contribution in [0.15, 0.2) is 12.1 Å². The van der Waals surface area contributed by atoms with Crippen LogP contribution in [0.1, 0.15) is 35.8 Å². The summed E-state index contributed by atoms with van der Waals surface area (Å²) >= 11 is 5.90. The molecule has 1 aromatic rings. The number of carbonyl (C=O) groups is 2. The Morgan fingerprint density at radius 2 is 2.05 bits per heavy atom. The minimum atomic E-state index is -0.358. The maximum Gasteiger partial charge on any atom is 0.251 e. The molecule has 0 bridgehead atoms. The van der Waals surface area contributed by atoms with Gasteiger partial charge in [0.15, 0.2) is 0 Å². The molecule has 21 heavy (non-hydrogen) atoms. The lowest BCUT2D eigenvalue weighted by atomic mass is 10.1. The molecule has 1 heterocycles. The lowest BCUT2D eigenvalue weighted by Gasteiger charge is -2.09. The van der Waals surface area contributed by atoms with Crippen molar-refractivity contribution in [3.63, 3.8) is 0 Å². The van der Waals surface area contributed by atoms with Gasteiger partial charge in [0.05, 0.1) is 13.2 Å². The third-order valence-corrected chi connectivity index (χ3v) is 2.90. The highest BCUT2D eigenvalue weighted by Crippen LogP contribution is 2.17. The average Bonchev–Trinajstić information content (AvgIpc) is 2.44. The number of carbonyl (C=O) groups excluding carboxylic acids is 2. The normalized spacial score (nSPS) is 10.5. The van der Waals surface area contributed by atoms with E-state index >= 15 is 0 Å². The Morgan fingerprint density at radius 3 is 2.67 bits per heavy atom. The van der Waals surface area contributed by atoms with E-state index in [9.17, 15) is 9.59 Å². The zero-order chi connectivity index (χ0) is 15.8. The van der Waals surface area contributed by atoms with E-state index in [0.29, 0.717) is 18.7 Å². The van der Waals surface area contributed by atoms with Crippen molar-refractivity contribution in [1.29, 1.82) is 0 Å². The van der Waals surface area contributed by atoms with Crippen molar-refractivity contribution in [1.82, 2.24) is 15.6 Å². The van der Waals surface area contributed by atoms with Crippen molar-refractivity contribution < 1.29 is 14.3 Å². The fourth-order valence-electron chi connectivity index (χ4n) is 1.56. The quantitative estimate of drug-likeness (QED) is 0.588. The van der Waals surface area contributed by atoms with E-state index in [1.54, 1.807) is 13.2 Å². The van der Waals surface area contributed by atoms with Crippen molar-refractivity contribution in [3.8, 4) is 0 Å². The molecule has 0 unspecified atom stereocenters. The molecule has 0 atom stereocenters. The molecule has 0 saturated carbocycles. The topological polar surface area (TPSA) is 80.3 Å². The van der Waals surface area contributed by atoms with Crippen LogP contribution in [0.2, 0.25) is 5.15 Å². The van der Waals surface area contributed by atoms with Gasteiger partial charge < -0.3 is 15.4 Å². The predicted molar refractivity (Wildman–Crippen MR) is 80.6 cm³/mol. The van der Waals surface area contributed by atoms with Gasteiger partial charge in [-0.1, -0.05) is 25.4 Å². The van der Waals surface area contributed by atoms with Crippen molar-refractivity contribution in [2.24, 2.45) is 0 Å². The Kier molecular flexibility index (Phi) is 7.11.